The van der Waals surface area contributed by atoms with Gasteiger partial charge in [0.1, 0.15) is 17.7 Å². The number of hydrogen-bond acceptors (Lipinski definition) is 8. The van der Waals surface area contributed by atoms with Crippen LogP contribution in [0.5, 0.6) is 11.5 Å². The van der Waals surface area contributed by atoms with Crippen LogP contribution in [0, 0.1) is 0 Å². The Kier molecular flexibility index (Phi) is 8.27. The molecule has 0 aliphatic carbocycles. The first-order valence-corrected chi connectivity index (χ1v) is 13.3. The number of nitrogens with zero attached hydrogens (tertiary/aromatic N) is 4. The lowest BCUT2D eigenvalue weighted by Gasteiger charge is -2.24. The normalized spacial score (nSPS) is 12.9. The molecule has 0 bridgehead atoms. The van der Waals surface area contributed by atoms with Crippen molar-refractivity contribution in [2.24, 2.45) is 10.7 Å². The standard InChI is InChI=1S/C27H29ClN6O3S/c1-27(2,36)22(35)15-34-12-10-23(33-34)32-26(30)19-13-16(25-20(28)5-4-11-31-25)14-21(24(19)29)37-17-6-8-18(38-3)9-7-17/h4-14,22,35-36H,15,29H2,1-3H3,(H2,30,32,33). The third-order valence-corrected chi connectivity index (χ3v) is 6.82. The SMILES string of the molecule is CSc1ccc(Oc2cc(-c3ncccc3Cl)cc(C(N)=Nc3ccn(CC(O)C(C)(C)O)n3)c2N)cc1. The molecule has 9 nitrogen and oxygen atoms in total. The van der Waals surface area contributed by atoms with Gasteiger partial charge in [0.15, 0.2) is 11.6 Å². The topological polar surface area (TPSA) is 145 Å². The number of anilines is 1. The van der Waals surface area contributed by atoms with E-state index < -0.39 is 11.7 Å². The summed E-state index contributed by atoms with van der Waals surface area (Å²) in [6.07, 6.45) is 4.27. The van der Waals surface area contributed by atoms with Crippen LogP contribution in [-0.4, -0.2) is 48.8 Å². The van der Waals surface area contributed by atoms with Crippen LogP contribution in [0.25, 0.3) is 11.3 Å². The molecule has 0 saturated carbocycles. The van der Waals surface area contributed by atoms with Gasteiger partial charge in [-0.25, -0.2) is 4.99 Å². The number of thioether (sulfide) groups is 1. The number of aliphatic hydroxyl groups is 2. The number of hydrogen-bond donors (Lipinski definition) is 4. The van der Waals surface area contributed by atoms with Gasteiger partial charge in [-0.1, -0.05) is 11.6 Å². The zero-order valence-electron chi connectivity index (χ0n) is 21.2. The monoisotopic (exact) mass is 552 g/mol. The summed E-state index contributed by atoms with van der Waals surface area (Å²) in [5, 5.41) is 25.0. The summed E-state index contributed by atoms with van der Waals surface area (Å²) in [6, 6.07) is 16.3. The predicted molar refractivity (Wildman–Crippen MR) is 152 cm³/mol. The average Bonchev–Trinajstić information content (AvgIpc) is 3.32. The number of halogens is 1. The molecule has 0 aliphatic heterocycles. The molecule has 0 saturated heterocycles. The van der Waals surface area contributed by atoms with E-state index in [9.17, 15) is 10.2 Å². The van der Waals surface area contributed by atoms with Gasteiger partial charge in [-0.15, -0.1) is 11.8 Å². The molecule has 38 heavy (non-hydrogen) atoms. The first kappa shape index (κ1) is 27.5. The molecule has 0 aliphatic rings. The fourth-order valence-corrected chi connectivity index (χ4v) is 4.16. The molecule has 198 valence electrons. The van der Waals surface area contributed by atoms with Crippen LogP contribution in [0.1, 0.15) is 19.4 Å². The number of nitrogen functional groups attached to an aromatic ring is 1. The van der Waals surface area contributed by atoms with Gasteiger partial charge in [0, 0.05) is 34.5 Å². The van der Waals surface area contributed by atoms with Crippen molar-refractivity contribution in [3.63, 3.8) is 0 Å². The van der Waals surface area contributed by atoms with E-state index in [1.807, 2.05) is 30.5 Å². The van der Waals surface area contributed by atoms with Crippen LogP contribution in [0.4, 0.5) is 11.5 Å². The molecular formula is C27H29ClN6O3S. The lowest BCUT2D eigenvalue weighted by atomic mass is 10.0. The van der Waals surface area contributed by atoms with Gasteiger partial charge in [0.25, 0.3) is 0 Å². The molecule has 11 heteroatoms. The second kappa shape index (κ2) is 11.4. The lowest BCUT2D eigenvalue weighted by Crippen LogP contribution is -2.39. The number of rotatable bonds is 9. The van der Waals surface area contributed by atoms with Crippen molar-refractivity contribution in [3.05, 3.63) is 77.6 Å². The number of aliphatic imine (C=N–C) groups is 1. The smallest absolute Gasteiger partial charge is 0.175 e. The van der Waals surface area contributed by atoms with Crippen LogP contribution in [-0.2, 0) is 6.54 Å². The minimum atomic E-state index is -1.28. The highest BCUT2D eigenvalue weighted by atomic mass is 35.5. The molecule has 1 atom stereocenters. The van der Waals surface area contributed by atoms with Crippen molar-refractivity contribution < 1.29 is 14.9 Å². The number of nitrogens with two attached hydrogens (primary N) is 2. The Morgan fingerprint density at radius 3 is 2.61 bits per heavy atom. The first-order chi connectivity index (χ1) is 18.0. The number of pyridine rings is 1. The van der Waals surface area contributed by atoms with E-state index in [4.69, 9.17) is 27.8 Å². The van der Waals surface area contributed by atoms with Crippen molar-refractivity contribution in [2.75, 3.05) is 12.0 Å². The minimum Gasteiger partial charge on any atom is -0.455 e. The Hall–Kier alpha value is -3.57. The highest BCUT2D eigenvalue weighted by molar-refractivity contribution is 7.98. The van der Waals surface area contributed by atoms with E-state index in [0.717, 1.165) is 4.90 Å². The van der Waals surface area contributed by atoms with Crippen LogP contribution < -0.4 is 16.2 Å². The van der Waals surface area contributed by atoms with Gasteiger partial charge >= 0.3 is 0 Å². The van der Waals surface area contributed by atoms with E-state index >= 15 is 0 Å². The summed E-state index contributed by atoms with van der Waals surface area (Å²) in [4.78, 5) is 9.95. The second-order valence-electron chi connectivity index (χ2n) is 9.11. The molecule has 0 spiro atoms. The van der Waals surface area contributed by atoms with Crippen molar-refractivity contribution in [2.45, 2.75) is 37.0 Å². The third-order valence-electron chi connectivity index (χ3n) is 5.77. The lowest BCUT2D eigenvalue weighted by molar-refractivity contribution is -0.0566. The summed E-state index contributed by atoms with van der Waals surface area (Å²) in [7, 11) is 0. The Morgan fingerprint density at radius 2 is 1.95 bits per heavy atom. The maximum absolute atomic E-state index is 10.2. The summed E-state index contributed by atoms with van der Waals surface area (Å²) in [6.45, 7) is 3.14. The van der Waals surface area contributed by atoms with Gasteiger partial charge < -0.3 is 26.4 Å². The molecule has 2 aromatic heterocycles. The van der Waals surface area contributed by atoms with Crippen LogP contribution >= 0.6 is 23.4 Å². The molecule has 0 radical (unpaired) electrons. The Labute approximate surface area is 230 Å². The Morgan fingerprint density at radius 1 is 1.21 bits per heavy atom. The molecule has 6 N–H and O–H groups in total. The van der Waals surface area contributed by atoms with Gasteiger partial charge in [0.2, 0.25) is 0 Å². The summed E-state index contributed by atoms with van der Waals surface area (Å²) >= 11 is 8.07. The quantitative estimate of drug-likeness (QED) is 0.0996. The maximum Gasteiger partial charge on any atom is 0.175 e. The summed E-state index contributed by atoms with van der Waals surface area (Å²) in [5.41, 5.74) is 13.5. The van der Waals surface area contributed by atoms with E-state index in [1.54, 1.807) is 54.5 Å². The molecule has 4 aromatic rings. The zero-order valence-corrected chi connectivity index (χ0v) is 22.7. The van der Waals surface area contributed by atoms with Crippen molar-refractivity contribution in [1.29, 1.82) is 0 Å². The van der Waals surface area contributed by atoms with Gasteiger partial charge in [-0.3, -0.25) is 9.67 Å². The number of aromatic nitrogens is 3. The summed E-state index contributed by atoms with van der Waals surface area (Å²) < 4.78 is 7.63. The van der Waals surface area contributed by atoms with Crippen LogP contribution in [0.3, 0.4) is 0 Å². The van der Waals surface area contributed by atoms with Gasteiger partial charge in [0.05, 0.1) is 28.5 Å². The number of benzene rings is 2. The Bertz CT molecular complexity index is 1450. The van der Waals surface area contributed by atoms with Crippen molar-refractivity contribution in [1.82, 2.24) is 14.8 Å². The van der Waals surface area contributed by atoms with Crippen LogP contribution in [0.2, 0.25) is 5.02 Å². The van der Waals surface area contributed by atoms with Crippen molar-refractivity contribution >= 4 is 40.7 Å². The largest absolute Gasteiger partial charge is 0.455 e. The predicted octanol–water partition coefficient (Wildman–Crippen LogP) is 4.86. The second-order valence-corrected chi connectivity index (χ2v) is 10.4. The highest BCUT2D eigenvalue weighted by Crippen LogP contribution is 2.37. The third kappa shape index (κ3) is 6.46. The maximum atomic E-state index is 10.2. The molecule has 2 aromatic carbocycles. The molecule has 0 amide bonds. The van der Waals surface area contributed by atoms with Gasteiger partial charge in [-0.05, 0) is 68.6 Å². The van der Waals surface area contributed by atoms with E-state index in [2.05, 4.69) is 15.1 Å². The van der Waals surface area contributed by atoms with E-state index in [0.29, 0.717) is 39.2 Å². The van der Waals surface area contributed by atoms with E-state index in [-0.39, 0.29) is 18.1 Å². The molecule has 4 rings (SSSR count). The van der Waals surface area contributed by atoms with E-state index in [1.165, 1.54) is 18.5 Å². The number of aliphatic hydroxyl groups excluding tert-OH is 1. The van der Waals surface area contributed by atoms with Gasteiger partial charge in [-0.2, -0.15) is 5.10 Å². The highest BCUT2D eigenvalue weighted by Gasteiger charge is 2.25. The summed E-state index contributed by atoms with van der Waals surface area (Å²) in [5.74, 6) is 1.38. The Balaban J connectivity index is 1.72. The molecule has 0 fully saturated rings. The number of amidine groups is 1. The molecular weight excluding hydrogens is 524 g/mol. The van der Waals surface area contributed by atoms with Crippen LogP contribution in [0.15, 0.2) is 76.9 Å². The fourth-order valence-electron chi connectivity index (χ4n) is 3.53. The molecule has 1 unspecified atom stereocenters. The number of ether oxygens (including phenoxy) is 1. The zero-order chi connectivity index (χ0) is 27.4. The van der Waals surface area contributed by atoms with Crippen molar-refractivity contribution in [3.8, 4) is 22.8 Å². The minimum absolute atomic E-state index is 0.0854. The molecule has 2 heterocycles. The fraction of sp³-hybridized carbons (Fsp3) is 0.222. The first-order valence-electron chi connectivity index (χ1n) is 11.7. The average molecular weight is 553 g/mol.